The van der Waals surface area contributed by atoms with Crippen LogP contribution in [0.2, 0.25) is 0 Å². The first-order chi connectivity index (χ1) is 10.7. The van der Waals surface area contributed by atoms with Crippen LogP contribution in [0.1, 0.15) is 40.5 Å². The first kappa shape index (κ1) is 22.0. The molecule has 2 unspecified atom stereocenters. The highest BCUT2D eigenvalue weighted by Crippen LogP contribution is 2.09. The Hall–Kier alpha value is -0.990. The number of aliphatic hydroxyl groups excluding tert-OH is 1. The summed E-state index contributed by atoms with van der Waals surface area (Å²) in [5, 5.41) is 21.2. The maximum atomic E-state index is 11.6. The maximum absolute atomic E-state index is 11.6. The molecule has 0 aliphatic heterocycles. The minimum Gasteiger partial charge on any atom is -0.480 e. The van der Waals surface area contributed by atoms with Gasteiger partial charge >= 0.3 is 12.1 Å². The third-order valence-corrected chi connectivity index (χ3v) is 3.73. The van der Waals surface area contributed by atoms with Crippen LogP contribution in [0.3, 0.4) is 0 Å². The summed E-state index contributed by atoms with van der Waals surface area (Å²) < 4.78 is 10.3. The van der Waals surface area contributed by atoms with Gasteiger partial charge in [-0.15, -0.1) is 0 Å². The summed E-state index contributed by atoms with van der Waals surface area (Å²) in [4.78, 5) is 22.7. The summed E-state index contributed by atoms with van der Waals surface area (Å²) in [5.41, 5.74) is -0.688. The van der Waals surface area contributed by atoms with Crippen LogP contribution in [0.4, 0.5) is 4.79 Å². The summed E-state index contributed by atoms with van der Waals surface area (Å²) in [6.07, 6.45) is 0.546. The molecule has 0 heterocycles. The van der Waals surface area contributed by atoms with Crippen LogP contribution in [0.25, 0.3) is 0 Å². The van der Waals surface area contributed by atoms with E-state index in [2.05, 4.69) is 12.2 Å². The smallest absolute Gasteiger partial charge is 0.408 e. The van der Waals surface area contributed by atoms with Gasteiger partial charge in [0.15, 0.2) is 0 Å². The molecule has 136 valence electrons. The lowest BCUT2D eigenvalue weighted by Crippen LogP contribution is -2.45. The van der Waals surface area contributed by atoms with Crippen molar-refractivity contribution >= 4 is 23.8 Å². The minimum absolute atomic E-state index is 0.139. The number of aliphatic carboxylic acids is 1. The number of rotatable bonds is 11. The lowest BCUT2D eigenvalue weighted by atomic mass is 10.2. The van der Waals surface area contributed by atoms with Gasteiger partial charge in [-0.1, -0.05) is 13.3 Å². The van der Waals surface area contributed by atoms with Gasteiger partial charge in [0.2, 0.25) is 0 Å². The van der Waals surface area contributed by atoms with E-state index in [-0.39, 0.29) is 12.4 Å². The number of unbranched alkanes of at least 4 members (excludes halogenated alkanes) is 1. The molecule has 0 aromatic carbocycles. The summed E-state index contributed by atoms with van der Waals surface area (Å²) in [5.74, 6) is -0.663. The molecule has 2 atom stereocenters. The number of alkyl carbamates (subject to hydrolysis) is 1. The number of carboxylic acid groups (broad SMARTS) is 1. The summed E-state index contributed by atoms with van der Waals surface area (Å²) in [6, 6.07) is -1.07. The van der Waals surface area contributed by atoms with Gasteiger partial charge in [-0.3, -0.25) is 0 Å². The fourth-order valence-corrected chi connectivity index (χ4v) is 2.43. The topological polar surface area (TPSA) is 105 Å². The molecule has 0 aliphatic carbocycles. The molecule has 0 aromatic rings. The van der Waals surface area contributed by atoms with Gasteiger partial charge in [-0.25, -0.2) is 9.59 Å². The second-order valence-corrected chi connectivity index (χ2v) is 7.23. The van der Waals surface area contributed by atoms with Crippen molar-refractivity contribution in [3.8, 4) is 0 Å². The van der Waals surface area contributed by atoms with Crippen molar-refractivity contribution in [2.75, 3.05) is 24.7 Å². The van der Waals surface area contributed by atoms with Gasteiger partial charge in [0.05, 0.1) is 12.7 Å². The fourth-order valence-electron chi connectivity index (χ4n) is 1.46. The van der Waals surface area contributed by atoms with Crippen LogP contribution in [-0.4, -0.2) is 64.7 Å². The lowest BCUT2D eigenvalue weighted by molar-refractivity contribution is -0.138. The number of hydrogen-bond donors (Lipinski definition) is 3. The molecule has 7 nitrogen and oxygen atoms in total. The van der Waals surface area contributed by atoms with E-state index >= 15 is 0 Å². The van der Waals surface area contributed by atoms with Crippen LogP contribution in [-0.2, 0) is 14.3 Å². The quantitative estimate of drug-likeness (QED) is 0.488. The molecule has 0 radical (unpaired) electrons. The Morgan fingerprint density at radius 1 is 1.26 bits per heavy atom. The van der Waals surface area contributed by atoms with Crippen molar-refractivity contribution in [2.24, 2.45) is 0 Å². The van der Waals surface area contributed by atoms with Crippen molar-refractivity contribution in [3.63, 3.8) is 0 Å². The number of carboxylic acids is 1. The zero-order chi connectivity index (χ0) is 17.9. The first-order valence-electron chi connectivity index (χ1n) is 7.71. The van der Waals surface area contributed by atoms with Crippen molar-refractivity contribution < 1.29 is 29.3 Å². The molecule has 3 N–H and O–H groups in total. The van der Waals surface area contributed by atoms with Crippen molar-refractivity contribution in [3.05, 3.63) is 0 Å². The highest BCUT2D eigenvalue weighted by atomic mass is 32.2. The Labute approximate surface area is 142 Å². The van der Waals surface area contributed by atoms with Gasteiger partial charge in [0.25, 0.3) is 0 Å². The third-order valence-electron chi connectivity index (χ3n) is 2.54. The molecule has 0 aliphatic rings. The number of thioether (sulfide) groups is 1. The van der Waals surface area contributed by atoms with Gasteiger partial charge in [0, 0.05) is 18.1 Å². The molecule has 0 aromatic heterocycles. The molecule has 0 bridgehead atoms. The largest absolute Gasteiger partial charge is 0.480 e. The summed E-state index contributed by atoms with van der Waals surface area (Å²) in [6.45, 7) is 7.99. The van der Waals surface area contributed by atoms with E-state index in [0.29, 0.717) is 12.4 Å². The van der Waals surface area contributed by atoms with E-state index in [9.17, 15) is 14.7 Å². The monoisotopic (exact) mass is 351 g/mol. The fraction of sp³-hybridized carbons (Fsp3) is 0.867. The second-order valence-electron chi connectivity index (χ2n) is 6.16. The number of aliphatic hydroxyl groups is 1. The average Bonchev–Trinajstić information content (AvgIpc) is 2.40. The Kier molecular flexibility index (Phi) is 11.0. The Balaban J connectivity index is 4.05. The Bertz CT molecular complexity index is 358. The number of ether oxygens (including phenoxy) is 2. The van der Waals surface area contributed by atoms with Gasteiger partial charge < -0.3 is 25.0 Å². The van der Waals surface area contributed by atoms with E-state index < -0.39 is 29.8 Å². The molecule has 0 rings (SSSR count). The third kappa shape index (κ3) is 13.2. The molecule has 0 fully saturated rings. The molecule has 23 heavy (non-hydrogen) atoms. The normalized spacial score (nSPS) is 14.1. The zero-order valence-electron chi connectivity index (χ0n) is 14.3. The predicted molar refractivity (Wildman–Crippen MR) is 89.9 cm³/mol. The van der Waals surface area contributed by atoms with Crippen LogP contribution in [0, 0.1) is 0 Å². The van der Waals surface area contributed by atoms with Gasteiger partial charge in [0.1, 0.15) is 11.6 Å². The molecule has 1 amide bonds. The number of amides is 1. The number of carbonyl (C=O) groups excluding carboxylic acids is 1. The van der Waals surface area contributed by atoms with Crippen molar-refractivity contribution in [1.82, 2.24) is 5.32 Å². The van der Waals surface area contributed by atoms with Crippen LogP contribution < -0.4 is 5.32 Å². The second kappa shape index (κ2) is 11.5. The van der Waals surface area contributed by atoms with E-state index in [1.54, 1.807) is 20.8 Å². The van der Waals surface area contributed by atoms with E-state index in [1.807, 2.05) is 0 Å². The standard InChI is InChI=1S/C15H29NO6S/c1-5-6-7-21-8-11(17)9-23-10-12(13(18)19)16-14(20)22-15(2,3)4/h11-12,17H,5-10H2,1-4H3,(H,16,20)(H,18,19). The number of carbonyl (C=O) groups is 2. The highest BCUT2D eigenvalue weighted by Gasteiger charge is 2.24. The first-order valence-corrected chi connectivity index (χ1v) is 8.87. The molecule has 8 heteroatoms. The number of hydrogen-bond acceptors (Lipinski definition) is 6. The van der Waals surface area contributed by atoms with E-state index in [0.717, 1.165) is 12.8 Å². The summed E-state index contributed by atoms with van der Waals surface area (Å²) in [7, 11) is 0. The predicted octanol–water partition coefficient (Wildman–Crippen LogP) is 1.88. The maximum Gasteiger partial charge on any atom is 0.408 e. The van der Waals surface area contributed by atoms with Crippen LogP contribution >= 0.6 is 11.8 Å². The zero-order valence-corrected chi connectivity index (χ0v) is 15.1. The van der Waals surface area contributed by atoms with Crippen LogP contribution in [0.5, 0.6) is 0 Å². The van der Waals surface area contributed by atoms with Crippen LogP contribution in [0.15, 0.2) is 0 Å². The highest BCUT2D eigenvalue weighted by molar-refractivity contribution is 7.99. The molecule has 0 spiro atoms. The average molecular weight is 351 g/mol. The summed E-state index contributed by atoms with van der Waals surface area (Å²) >= 11 is 1.24. The SMILES string of the molecule is CCCCOCC(O)CSCC(NC(=O)OC(C)(C)C)C(=O)O. The molecule has 0 saturated carbocycles. The molecule has 0 saturated heterocycles. The number of nitrogens with one attached hydrogen (secondary N) is 1. The van der Waals surface area contributed by atoms with Crippen molar-refractivity contribution in [2.45, 2.75) is 58.3 Å². The minimum atomic E-state index is -1.14. The Morgan fingerprint density at radius 3 is 2.43 bits per heavy atom. The van der Waals surface area contributed by atoms with E-state index in [4.69, 9.17) is 14.6 Å². The molecular weight excluding hydrogens is 322 g/mol. The van der Waals surface area contributed by atoms with Crippen molar-refractivity contribution in [1.29, 1.82) is 0 Å². The lowest BCUT2D eigenvalue weighted by Gasteiger charge is -2.22. The molecular formula is C15H29NO6S. The van der Waals surface area contributed by atoms with Gasteiger partial charge in [-0.2, -0.15) is 11.8 Å². The van der Waals surface area contributed by atoms with Gasteiger partial charge in [-0.05, 0) is 27.2 Å². The Morgan fingerprint density at radius 2 is 1.91 bits per heavy atom. The van der Waals surface area contributed by atoms with E-state index in [1.165, 1.54) is 11.8 Å².